The Morgan fingerprint density at radius 3 is 2.44 bits per heavy atom. The van der Waals surface area contributed by atoms with Crippen LogP contribution in [0.25, 0.3) is 21.9 Å². The lowest BCUT2D eigenvalue weighted by Crippen LogP contribution is -2.21. The molecule has 0 aliphatic heterocycles. The molecule has 5 nitrogen and oxygen atoms in total. The number of para-hydroxylation sites is 1. The van der Waals surface area contributed by atoms with Crippen molar-refractivity contribution in [2.24, 2.45) is 0 Å². The summed E-state index contributed by atoms with van der Waals surface area (Å²) < 4.78 is 12.1. The van der Waals surface area contributed by atoms with Crippen molar-refractivity contribution in [1.29, 1.82) is 0 Å². The highest BCUT2D eigenvalue weighted by molar-refractivity contribution is 9.10. The molecule has 0 amide bonds. The number of halogens is 1. The molecule has 158 valence electrons. The van der Waals surface area contributed by atoms with E-state index in [0.29, 0.717) is 21.9 Å². The van der Waals surface area contributed by atoms with Gasteiger partial charge in [0.25, 0.3) is 0 Å². The highest BCUT2D eigenvalue weighted by Crippen LogP contribution is 2.38. The second-order valence-corrected chi connectivity index (χ2v) is 8.57. The molecule has 0 spiro atoms. The third-order valence-corrected chi connectivity index (χ3v) is 6.11. The third-order valence-electron chi connectivity index (χ3n) is 5.58. The van der Waals surface area contributed by atoms with E-state index < -0.39 is 11.5 Å². The zero-order valence-electron chi connectivity index (χ0n) is 17.0. The summed E-state index contributed by atoms with van der Waals surface area (Å²) in [5, 5.41) is 11.9. The normalized spacial score (nSPS) is 12.3. The van der Waals surface area contributed by atoms with Crippen molar-refractivity contribution < 1.29 is 13.9 Å². The van der Waals surface area contributed by atoms with E-state index in [9.17, 15) is 14.7 Å². The van der Waals surface area contributed by atoms with Gasteiger partial charge in [0.2, 0.25) is 0 Å². The number of fused-ring (bicyclic) bond motifs is 2. The van der Waals surface area contributed by atoms with Crippen LogP contribution in [0.2, 0.25) is 0 Å². The fraction of sp³-hybridized carbons (Fsp3) is 0.0769. The fourth-order valence-corrected chi connectivity index (χ4v) is 4.28. The Bertz CT molecular complexity index is 1600. The molecule has 0 saturated carbocycles. The monoisotopic (exact) mass is 488 g/mol. The van der Waals surface area contributed by atoms with Crippen LogP contribution in [-0.2, 0) is 0 Å². The molecule has 6 heteroatoms. The van der Waals surface area contributed by atoms with Crippen molar-refractivity contribution in [3.8, 4) is 5.75 Å². The molecule has 5 aromatic rings. The first kappa shape index (κ1) is 20.3. The van der Waals surface area contributed by atoms with Crippen LogP contribution in [0.4, 0.5) is 0 Å². The second-order valence-electron chi connectivity index (χ2n) is 7.65. The van der Waals surface area contributed by atoms with E-state index in [1.54, 1.807) is 48.5 Å². The maximum absolute atomic E-state index is 13.5. The van der Waals surface area contributed by atoms with Crippen LogP contribution in [-0.4, -0.2) is 5.11 Å². The molecule has 1 unspecified atom stereocenters. The van der Waals surface area contributed by atoms with Gasteiger partial charge in [-0.2, -0.15) is 0 Å². The number of benzene rings is 3. The van der Waals surface area contributed by atoms with Crippen molar-refractivity contribution in [2.75, 3.05) is 0 Å². The Morgan fingerprint density at radius 2 is 1.66 bits per heavy atom. The first-order valence-corrected chi connectivity index (χ1v) is 10.8. The Morgan fingerprint density at radius 1 is 0.906 bits per heavy atom. The lowest BCUT2D eigenvalue weighted by molar-refractivity contribution is 0.454. The van der Waals surface area contributed by atoms with Gasteiger partial charge in [0.05, 0.1) is 28.5 Å². The molecular formula is C26H17BrO5. The summed E-state index contributed by atoms with van der Waals surface area (Å²) in [5.41, 5.74) is 1.53. The van der Waals surface area contributed by atoms with Crippen LogP contribution in [0.15, 0.2) is 95.9 Å². The van der Waals surface area contributed by atoms with Crippen LogP contribution < -0.4 is 11.1 Å². The average molecular weight is 489 g/mol. The molecule has 2 heterocycles. The summed E-state index contributed by atoms with van der Waals surface area (Å²) in [5.74, 6) is -1.10. The number of hydrogen-bond donors (Lipinski definition) is 1. The van der Waals surface area contributed by atoms with Crippen LogP contribution in [0, 0.1) is 6.92 Å². The highest BCUT2D eigenvalue weighted by Gasteiger charge is 2.29. The molecule has 2 aromatic heterocycles. The molecule has 0 radical (unpaired) electrons. The summed E-state index contributed by atoms with van der Waals surface area (Å²) in [6, 6.07) is 19.3. The largest absolute Gasteiger partial charge is 0.507 e. The Kier molecular flexibility index (Phi) is 4.94. The van der Waals surface area contributed by atoms with Crippen LogP contribution in [0.3, 0.4) is 0 Å². The van der Waals surface area contributed by atoms with E-state index in [-0.39, 0.29) is 27.9 Å². The molecule has 3 aromatic carbocycles. The lowest BCUT2D eigenvalue weighted by Gasteiger charge is -2.19. The number of rotatable bonds is 3. The van der Waals surface area contributed by atoms with E-state index in [2.05, 4.69) is 15.9 Å². The molecule has 0 fully saturated rings. The fourth-order valence-electron chi connectivity index (χ4n) is 4.02. The van der Waals surface area contributed by atoms with Gasteiger partial charge in [-0.05, 0) is 48.9 Å². The molecule has 32 heavy (non-hydrogen) atoms. The molecule has 1 N–H and O–H groups in total. The van der Waals surface area contributed by atoms with E-state index in [1.165, 1.54) is 6.26 Å². The van der Waals surface area contributed by atoms with E-state index >= 15 is 0 Å². The van der Waals surface area contributed by atoms with Crippen LogP contribution in [0.5, 0.6) is 5.75 Å². The number of hydrogen-bond acceptors (Lipinski definition) is 5. The smallest absolute Gasteiger partial charge is 0.344 e. The average Bonchev–Trinajstić information content (AvgIpc) is 2.79. The zero-order valence-corrected chi connectivity index (χ0v) is 18.5. The molecule has 0 saturated heterocycles. The van der Waals surface area contributed by atoms with Gasteiger partial charge in [-0.15, -0.1) is 0 Å². The van der Waals surface area contributed by atoms with Crippen molar-refractivity contribution in [3.05, 3.63) is 120 Å². The summed E-state index contributed by atoms with van der Waals surface area (Å²) in [4.78, 5) is 26.6. The van der Waals surface area contributed by atoms with E-state index in [0.717, 1.165) is 10.0 Å². The Hall–Kier alpha value is -3.64. The Labute approximate surface area is 190 Å². The summed E-state index contributed by atoms with van der Waals surface area (Å²) in [6.07, 6.45) is 1.36. The summed E-state index contributed by atoms with van der Waals surface area (Å²) >= 11 is 3.41. The van der Waals surface area contributed by atoms with Gasteiger partial charge in [-0.1, -0.05) is 51.8 Å². The van der Waals surface area contributed by atoms with Crippen LogP contribution >= 0.6 is 15.9 Å². The topological polar surface area (TPSA) is 80.7 Å². The molecule has 5 rings (SSSR count). The van der Waals surface area contributed by atoms with E-state index in [1.807, 2.05) is 25.1 Å². The predicted molar refractivity (Wildman–Crippen MR) is 126 cm³/mol. The van der Waals surface area contributed by atoms with Gasteiger partial charge in [-0.25, -0.2) is 4.79 Å². The standard InChI is InChI=1S/C26H17BrO5/c1-14-6-11-20-18(12-14)24(28)19(13-31-20)22(15-7-9-16(27)10-8-15)23-25(29)17-4-2-3-5-21(17)32-26(23)30/h2-13,22,29H,1H3. The third kappa shape index (κ3) is 3.33. The quantitative estimate of drug-likeness (QED) is 0.322. The minimum atomic E-state index is -0.884. The highest BCUT2D eigenvalue weighted by atomic mass is 79.9. The van der Waals surface area contributed by atoms with Gasteiger partial charge >= 0.3 is 5.63 Å². The van der Waals surface area contributed by atoms with Gasteiger partial charge in [0, 0.05) is 10.0 Å². The van der Waals surface area contributed by atoms with Crippen LogP contribution in [0.1, 0.15) is 28.2 Å². The lowest BCUT2D eigenvalue weighted by atomic mass is 9.85. The van der Waals surface area contributed by atoms with Crippen molar-refractivity contribution >= 4 is 37.9 Å². The summed E-state index contributed by atoms with van der Waals surface area (Å²) in [6.45, 7) is 1.89. The first-order chi connectivity index (χ1) is 15.4. The molecule has 0 aliphatic carbocycles. The van der Waals surface area contributed by atoms with Gasteiger partial charge < -0.3 is 13.9 Å². The van der Waals surface area contributed by atoms with Crippen molar-refractivity contribution in [1.82, 2.24) is 0 Å². The zero-order chi connectivity index (χ0) is 22.4. The minimum Gasteiger partial charge on any atom is -0.507 e. The maximum Gasteiger partial charge on any atom is 0.344 e. The Balaban J connectivity index is 1.87. The SMILES string of the molecule is Cc1ccc2occ(C(c3ccc(Br)cc3)c3c(O)c4ccccc4oc3=O)c(=O)c2c1. The first-order valence-electron chi connectivity index (χ1n) is 9.96. The van der Waals surface area contributed by atoms with Gasteiger partial charge in [0.15, 0.2) is 5.43 Å². The number of aryl methyl sites for hydroxylation is 1. The predicted octanol–water partition coefficient (Wildman–Crippen LogP) is 5.86. The van der Waals surface area contributed by atoms with E-state index in [4.69, 9.17) is 8.83 Å². The second kappa shape index (κ2) is 7.80. The van der Waals surface area contributed by atoms with Crippen molar-refractivity contribution in [3.63, 3.8) is 0 Å². The van der Waals surface area contributed by atoms with Gasteiger partial charge in [0.1, 0.15) is 16.9 Å². The number of aromatic hydroxyl groups is 1. The minimum absolute atomic E-state index is 0.00896. The summed E-state index contributed by atoms with van der Waals surface area (Å²) in [7, 11) is 0. The molecule has 1 atom stereocenters. The molecular weight excluding hydrogens is 472 g/mol. The maximum atomic E-state index is 13.5. The molecule has 0 aliphatic rings. The molecule has 0 bridgehead atoms. The van der Waals surface area contributed by atoms with Crippen molar-refractivity contribution in [2.45, 2.75) is 12.8 Å². The van der Waals surface area contributed by atoms with Gasteiger partial charge in [-0.3, -0.25) is 4.79 Å².